The highest BCUT2D eigenvalue weighted by atomic mass is 16.4. The second-order valence-corrected chi connectivity index (χ2v) is 5.98. The highest BCUT2D eigenvalue weighted by Crippen LogP contribution is 2.51. The number of hydrogen-bond acceptors (Lipinski definition) is 1. The molecule has 1 fully saturated rings. The van der Waals surface area contributed by atoms with Crippen LogP contribution in [-0.4, -0.2) is 11.1 Å². The first-order valence-corrected chi connectivity index (χ1v) is 7.37. The van der Waals surface area contributed by atoms with Gasteiger partial charge in [-0.2, -0.15) is 0 Å². The van der Waals surface area contributed by atoms with E-state index >= 15 is 0 Å². The van der Waals surface area contributed by atoms with Crippen molar-refractivity contribution in [3.05, 3.63) is 35.9 Å². The average molecular weight is 260 g/mol. The highest BCUT2D eigenvalue weighted by molar-refractivity contribution is 5.75. The number of rotatable bonds is 5. The highest BCUT2D eigenvalue weighted by Gasteiger charge is 2.50. The van der Waals surface area contributed by atoms with Crippen LogP contribution in [0.2, 0.25) is 0 Å². The number of benzene rings is 1. The normalized spacial score (nSPS) is 30.4. The summed E-state index contributed by atoms with van der Waals surface area (Å²) in [5.41, 5.74) is 0.752. The summed E-state index contributed by atoms with van der Waals surface area (Å²) in [6.07, 6.45) is 4.52. The molecule has 3 unspecified atom stereocenters. The molecule has 3 atom stereocenters. The molecule has 0 saturated heterocycles. The minimum Gasteiger partial charge on any atom is -0.481 e. The van der Waals surface area contributed by atoms with Crippen LogP contribution in [-0.2, 0) is 11.2 Å². The lowest BCUT2D eigenvalue weighted by molar-refractivity contribution is -0.152. The zero-order valence-corrected chi connectivity index (χ0v) is 11.9. The maximum atomic E-state index is 11.9. The number of carboxylic acid groups (broad SMARTS) is 1. The van der Waals surface area contributed by atoms with Crippen LogP contribution in [0.25, 0.3) is 0 Å². The third-order valence-electron chi connectivity index (χ3n) is 5.01. The Morgan fingerprint density at radius 1 is 1.37 bits per heavy atom. The molecular formula is C17H24O2. The minimum absolute atomic E-state index is 0.328. The summed E-state index contributed by atoms with van der Waals surface area (Å²) >= 11 is 0. The van der Waals surface area contributed by atoms with Crippen molar-refractivity contribution in [2.75, 3.05) is 0 Å². The van der Waals surface area contributed by atoms with Gasteiger partial charge in [0.1, 0.15) is 0 Å². The van der Waals surface area contributed by atoms with Crippen LogP contribution in [0.1, 0.15) is 45.1 Å². The zero-order chi connectivity index (χ0) is 13.9. The predicted molar refractivity (Wildman–Crippen MR) is 77.0 cm³/mol. The van der Waals surface area contributed by atoms with E-state index in [0.717, 1.165) is 32.1 Å². The van der Waals surface area contributed by atoms with Gasteiger partial charge in [-0.25, -0.2) is 0 Å². The second kappa shape index (κ2) is 5.77. The fourth-order valence-electron chi connectivity index (χ4n) is 3.90. The Morgan fingerprint density at radius 2 is 2.05 bits per heavy atom. The van der Waals surface area contributed by atoms with Gasteiger partial charge in [0.15, 0.2) is 0 Å². The fraction of sp³-hybridized carbons (Fsp3) is 0.588. The summed E-state index contributed by atoms with van der Waals surface area (Å²) in [6, 6.07) is 10.2. The van der Waals surface area contributed by atoms with Crippen molar-refractivity contribution in [3.8, 4) is 0 Å². The van der Waals surface area contributed by atoms with Gasteiger partial charge in [-0.15, -0.1) is 0 Å². The van der Waals surface area contributed by atoms with Crippen molar-refractivity contribution in [1.82, 2.24) is 0 Å². The van der Waals surface area contributed by atoms with E-state index in [4.69, 9.17) is 0 Å². The lowest BCUT2D eigenvalue weighted by atomic mass is 9.71. The standard InChI is InChI=1S/C17H24O2/c1-3-15-13(2)9-11-17(15,16(18)19)12-10-14-7-5-4-6-8-14/h4-8,13,15H,3,9-12H2,1-2H3,(H,18,19). The van der Waals surface area contributed by atoms with Gasteiger partial charge in [0.25, 0.3) is 0 Å². The molecule has 0 aromatic heterocycles. The molecule has 104 valence electrons. The SMILES string of the molecule is CCC1C(C)CCC1(CCc1ccccc1)C(=O)O. The van der Waals surface area contributed by atoms with Gasteiger partial charge in [0.2, 0.25) is 0 Å². The molecule has 19 heavy (non-hydrogen) atoms. The van der Waals surface area contributed by atoms with Gasteiger partial charge in [-0.3, -0.25) is 4.79 Å². The molecule has 1 aromatic rings. The molecule has 2 heteroatoms. The maximum absolute atomic E-state index is 11.9. The fourth-order valence-corrected chi connectivity index (χ4v) is 3.90. The molecule has 2 rings (SSSR count). The average Bonchev–Trinajstić information content (AvgIpc) is 2.75. The summed E-state index contributed by atoms with van der Waals surface area (Å²) in [5, 5.41) is 9.76. The number of aliphatic carboxylic acids is 1. The molecular weight excluding hydrogens is 236 g/mol. The van der Waals surface area contributed by atoms with E-state index in [1.807, 2.05) is 18.2 Å². The van der Waals surface area contributed by atoms with Gasteiger partial charge >= 0.3 is 5.97 Å². The maximum Gasteiger partial charge on any atom is 0.309 e. The molecule has 1 aliphatic carbocycles. The van der Waals surface area contributed by atoms with E-state index in [1.165, 1.54) is 5.56 Å². The Hall–Kier alpha value is -1.31. The lowest BCUT2D eigenvalue weighted by Gasteiger charge is -2.32. The summed E-state index contributed by atoms with van der Waals surface area (Å²) in [7, 11) is 0. The molecule has 0 aliphatic heterocycles. The Labute approximate surface area is 115 Å². The summed E-state index contributed by atoms with van der Waals surface area (Å²) in [5.74, 6) is 0.283. The van der Waals surface area contributed by atoms with Crippen LogP contribution in [0, 0.1) is 17.3 Å². The van der Waals surface area contributed by atoms with E-state index in [1.54, 1.807) is 0 Å². The number of carbonyl (C=O) groups is 1. The zero-order valence-electron chi connectivity index (χ0n) is 11.9. The largest absolute Gasteiger partial charge is 0.481 e. The van der Waals surface area contributed by atoms with Gasteiger partial charge in [0.05, 0.1) is 5.41 Å². The first-order chi connectivity index (χ1) is 9.10. The van der Waals surface area contributed by atoms with Crippen molar-refractivity contribution in [3.63, 3.8) is 0 Å². The van der Waals surface area contributed by atoms with Crippen LogP contribution < -0.4 is 0 Å². The van der Waals surface area contributed by atoms with E-state index in [-0.39, 0.29) is 0 Å². The lowest BCUT2D eigenvalue weighted by Crippen LogP contribution is -2.36. The smallest absolute Gasteiger partial charge is 0.309 e. The Kier molecular flexibility index (Phi) is 4.28. The van der Waals surface area contributed by atoms with E-state index in [2.05, 4.69) is 26.0 Å². The van der Waals surface area contributed by atoms with E-state index < -0.39 is 11.4 Å². The van der Waals surface area contributed by atoms with Gasteiger partial charge in [-0.1, -0.05) is 50.6 Å². The topological polar surface area (TPSA) is 37.3 Å². The van der Waals surface area contributed by atoms with Crippen LogP contribution in [0.4, 0.5) is 0 Å². The molecule has 2 nitrogen and oxygen atoms in total. The number of hydrogen-bond donors (Lipinski definition) is 1. The molecule has 0 heterocycles. The van der Waals surface area contributed by atoms with E-state index in [9.17, 15) is 9.90 Å². The second-order valence-electron chi connectivity index (χ2n) is 5.98. The number of carboxylic acids is 1. The Bertz CT molecular complexity index is 426. The molecule has 0 amide bonds. The third kappa shape index (κ3) is 2.68. The molecule has 0 radical (unpaired) electrons. The molecule has 0 spiro atoms. The van der Waals surface area contributed by atoms with Crippen molar-refractivity contribution in [2.24, 2.45) is 17.3 Å². The molecule has 1 aromatic carbocycles. The monoisotopic (exact) mass is 260 g/mol. The van der Waals surface area contributed by atoms with Crippen LogP contribution in [0.15, 0.2) is 30.3 Å². The quantitative estimate of drug-likeness (QED) is 0.863. The summed E-state index contributed by atoms with van der Waals surface area (Å²) < 4.78 is 0. The predicted octanol–water partition coefficient (Wildman–Crippen LogP) is 4.15. The minimum atomic E-state index is -0.584. The van der Waals surface area contributed by atoms with Crippen molar-refractivity contribution >= 4 is 5.97 Å². The van der Waals surface area contributed by atoms with Gasteiger partial charge in [-0.05, 0) is 43.1 Å². The van der Waals surface area contributed by atoms with Crippen molar-refractivity contribution in [1.29, 1.82) is 0 Å². The van der Waals surface area contributed by atoms with Gasteiger partial charge < -0.3 is 5.11 Å². The molecule has 1 saturated carbocycles. The molecule has 0 bridgehead atoms. The van der Waals surface area contributed by atoms with Crippen LogP contribution in [0.3, 0.4) is 0 Å². The number of aryl methyl sites for hydroxylation is 1. The Morgan fingerprint density at radius 3 is 2.63 bits per heavy atom. The first kappa shape index (κ1) is 14.1. The van der Waals surface area contributed by atoms with Crippen LogP contribution in [0.5, 0.6) is 0 Å². The van der Waals surface area contributed by atoms with Crippen molar-refractivity contribution in [2.45, 2.75) is 46.0 Å². The summed E-state index contributed by atoms with van der Waals surface area (Å²) in [4.78, 5) is 11.9. The molecule has 1 N–H and O–H groups in total. The van der Waals surface area contributed by atoms with Crippen molar-refractivity contribution < 1.29 is 9.90 Å². The Balaban J connectivity index is 2.15. The molecule has 1 aliphatic rings. The summed E-state index contributed by atoms with van der Waals surface area (Å²) in [6.45, 7) is 4.34. The van der Waals surface area contributed by atoms with Gasteiger partial charge in [0, 0.05) is 0 Å². The van der Waals surface area contributed by atoms with Crippen LogP contribution >= 0.6 is 0 Å². The third-order valence-corrected chi connectivity index (χ3v) is 5.01. The van der Waals surface area contributed by atoms with E-state index in [0.29, 0.717) is 11.8 Å². The first-order valence-electron chi connectivity index (χ1n) is 7.37.